The van der Waals surface area contributed by atoms with Crippen LogP contribution in [0, 0.1) is 0 Å². The van der Waals surface area contributed by atoms with Crippen molar-refractivity contribution in [3.05, 3.63) is 72.6 Å². The number of nitrogens with one attached hydrogen (secondary N) is 1. The lowest BCUT2D eigenvalue weighted by Crippen LogP contribution is -2.23. The van der Waals surface area contributed by atoms with Gasteiger partial charge in [0, 0.05) is 17.9 Å². The highest BCUT2D eigenvalue weighted by Gasteiger charge is 2.20. The van der Waals surface area contributed by atoms with Gasteiger partial charge in [0.05, 0.1) is 0 Å². The second kappa shape index (κ2) is 4.57. The first-order valence-corrected chi connectivity index (χ1v) is 6.21. The molecule has 2 nitrogen and oxygen atoms in total. The van der Waals surface area contributed by atoms with E-state index in [2.05, 4.69) is 41.1 Å². The molecule has 90 valence electrons. The predicted octanol–water partition coefficient (Wildman–Crippen LogP) is 3.63. The monoisotopic (exact) mass is 236 g/mol. The summed E-state index contributed by atoms with van der Waals surface area (Å²) in [5.74, 6) is 0.936. The zero-order valence-corrected chi connectivity index (χ0v) is 10.3. The summed E-state index contributed by atoms with van der Waals surface area (Å²) in [5, 5.41) is 3.36. The molecule has 0 saturated carbocycles. The molecule has 1 heterocycles. The molecular formula is C16H16N2. The molecule has 2 aromatic rings. The molecule has 18 heavy (non-hydrogen) atoms. The second-order valence-electron chi connectivity index (χ2n) is 4.47. The number of rotatable bonds is 3. The van der Waals surface area contributed by atoms with Crippen molar-refractivity contribution >= 4 is 11.4 Å². The highest BCUT2D eigenvalue weighted by atomic mass is 15.3. The molecule has 0 aliphatic carbocycles. The summed E-state index contributed by atoms with van der Waals surface area (Å²) in [6.45, 7) is 5.14. The number of nitrogens with zero attached hydrogens (tertiary/aromatic N) is 1. The van der Waals surface area contributed by atoms with Crippen LogP contribution >= 0.6 is 0 Å². The van der Waals surface area contributed by atoms with Gasteiger partial charge in [0.25, 0.3) is 0 Å². The molecule has 1 aliphatic heterocycles. The molecule has 0 unspecified atom stereocenters. The van der Waals surface area contributed by atoms with Crippen LogP contribution in [0.15, 0.2) is 67.0 Å². The average molecular weight is 236 g/mol. The zero-order chi connectivity index (χ0) is 12.4. The van der Waals surface area contributed by atoms with Gasteiger partial charge in [0.15, 0.2) is 0 Å². The maximum absolute atomic E-state index is 4.15. The standard InChI is InChI=1S/C16H16N2/c1-13(17-15-8-3-2-4-9-15)18-12-11-14-7-5-6-10-16(14)18/h2-10,17H,1,11-12H2. The molecule has 0 radical (unpaired) electrons. The third kappa shape index (κ3) is 1.97. The summed E-state index contributed by atoms with van der Waals surface area (Å²) in [4.78, 5) is 2.24. The van der Waals surface area contributed by atoms with Crippen molar-refractivity contribution in [3.8, 4) is 0 Å². The van der Waals surface area contributed by atoms with E-state index in [1.165, 1.54) is 11.3 Å². The van der Waals surface area contributed by atoms with Crippen molar-refractivity contribution in [3.63, 3.8) is 0 Å². The van der Waals surface area contributed by atoms with Crippen LogP contribution in [0.1, 0.15) is 5.56 Å². The molecule has 0 fully saturated rings. The third-order valence-electron chi connectivity index (χ3n) is 3.28. The van der Waals surface area contributed by atoms with Crippen LogP contribution in [0.25, 0.3) is 0 Å². The molecule has 2 aromatic carbocycles. The van der Waals surface area contributed by atoms with Gasteiger partial charge in [-0.15, -0.1) is 0 Å². The first-order valence-electron chi connectivity index (χ1n) is 6.21. The Balaban J connectivity index is 1.79. The summed E-state index contributed by atoms with van der Waals surface area (Å²) in [7, 11) is 0. The van der Waals surface area contributed by atoms with E-state index in [1.807, 2.05) is 30.3 Å². The number of hydrogen-bond acceptors (Lipinski definition) is 2. The van der Waals surface area contributed by atoms with Gasteiger partial charge >= 0.3 is 0 Å². The van der Waals surface area contributed by atoms with E-state index in [-0.39, 0.29) is 0 Å². The Morgan fingerprint density at radius 2 is 1.72 bits per heavy atom. The van der Waals surface area contributed by atoms with Crippen molar-refractivity contribution in [2.75, 3.05) is 16.8 Å². The van der Waals surface area contributed by atoms with Crippen molar-refractivity contribution in [1.29, 1.82) is 0 Å². The Kier molecular flexibility index (Phi) is 2.77. The van der Waals surface area contributed by atoms with Gasteiger partial charge in [-0.05, 0) is 30.2 Å². The van der Waals surface area contributed by atoms with Crippen LogP contribution in [-0.4, -0.2) is 6.54 Å². The highest BCUT2D eigenvalue weighted by Crippen LogP contribution is 2.30. The van der Waals surface area contributed by atoms with Gasteiger partial charge in [-0.3, -0.25) is 0 Å². The van der Waals surface area contributed by atoms with E-state index in [0.29, 0.717) is 0 Å². The number of benzene rings is 2. The minimum absolute atomic E-state index is 0.936. The van der Waals surface area contributed by atoms with Crippen LogP contribution < -0.4 is 10.2 Å². The molecule has 0 aromatic heterocycles. The molecular weight excluding hydrogens is 220 g/mol. The van der Waals surface area contributed by atoms with Crippen LogP contribution in [0.4, 0.5) is 11.4 Å². The molecule has 0 amide bonds. The topological polar surface area (TPSA) is 15.3 Å². The van der Waals surface area contributed by atoms with Crippen molar-refractivity contribution < 1.29 is 0 Å². The van der Waals surface area contributed by atoms with Gasteiger partial charge in [-0.25, -0.2) is 0 Å². The normalized spacial score (nSPS) is 13.2. The zero-order valence-electron chi connectivity index (χ0n) is 10.3. The Morgan fingerprint density at radius 1 is 1.00 bits per heavy atom. The molecule has 0 bridgehead atoms. The largest absolute Gasteiger partial charge is 0.342 e. The Labute approximate surface area is 108 Å². The highest BCUT2D eigenvalue weighted by molar-refractivity contribution is 5.64. The molecule has 0 saturated heterocycles. The molecule has 1 aliphatic rings. The van der Waals surface area contributed by atoms with Crippen molar-refractivity contribution in [2.24, 2.45) is 0 Å². The lowest BCUT2D eigenvalue weighted by Gasteiger charge is -2.23. The third-order valence-corrected chi connectivity index (χ3v) is 3.28. The number of hydrogen-bond donors (Lipinski definition) is 1. The molecule has 1 N–H and O–H groups in total. The van der Waals surface area contributed by atoms with Crippen LogP contribution in [0.3, 0.4) is 0 Å². The Bertz CT molecular complexity index is 560. The summed E-state index contributed by atoms with van der Waals surface area (Å²) in [5.41, 5.74) is 3.74. The maximum Gasteiger partial charge on any atom is 0.103 e. The van der Waals surface area contributed by atoms with Crippen molar-refractivity contribution in [1.82, 2.24) is 0 Å². The number of anilines is 2. The molecule has 3 rings (SSSR count). The lowest BCUT2D eigenvalue weighted by molar-refractivity contribution is 0.952. The Hall–Kier alpha value is -2.22. The van der Waals surface area contributed by atoms with Crippen molar-refractivity contribution in [2.45, 2.75) is 6.42 Å². The molecule has 0 atom stereocenters. The maximum atomic E-state index is 4.15. The quantitative estimate of drug-likeness (QED) is 0.875. The Morgan fingerprint density at radius 3 is 2.56 bits per heavy atom. The average Bonchev–Trinajstić information content (AvgIpc) is 2.84. The smallest absolute Gasteiger partial charge is 0.103 e. The van der Waals surface area contributed by atoms with E-state index < -0.39 is 0 Å². The van der Waals surface area contributed by atoms with Gasteiger partial charge in [-0.2, -0.15) is 0 Å². The minimum atomic E-state index is 0.936. The summed E-state index contributed by atoms with van der Waals surface area (Å²) in [6.07, 6.45) is 1.09. The fourth-order valence-corrected chi connectivity index (χ4v) is 2.37. The number of fused-ring (bicyclic) bond motifs is 1. The van der Waals surface area contributed by atoms with E-state index in [4.69, 9.17) is 0 Å². The first-order chi connectivity index (χ1) is 8.84. The van der Waals surface area contributed by atoms with Crippen LogP contribution in [0.5, 0.6) is 0 Å². The molecule has 0 spiro atoms. The fraction of sp³-hybridized carbons (Fsp3) is 0.125. The van der Waals surface area contributed by atoms with Gasteiger partial charge in [-0.1, -0.05) is 43.0 Å². The van der Waals surface area contributed by atoms with Crippen LogP contribution in [-0.2, 0) is 6.42 Å². The first kappa shape index (κ1) is 10.9. The van der Waals surface area contributed by atoms with Gasteiger partial charge < -0.3 is 10.2 Å². The van der Waals surface area contributed by atoms with Gasteiger partial charge in [0.1, 0.15) is 5.82 Å². The van der Waals surface area contributed by atoms with E-state index in [0.717, 1.165) is 24.5 Å². The van der Waals surface area contributed by atoms with E-state index >= 15 is 0 Å². The minimum Gasteiger partial charge on any atom is -0.342 e. The van der Waals surface area contributed by atoms with Crippen LogP contribution in [0.2, 0.25) is 0 Å². The number of para-hydroxylation sites is 2. The fourth-order valence-electron chi connectivity index (χ4n) is 2.37. The van der Waals surface area contributed by atoms with E-state index in [9.17, 15) is 0 Å². The SMILES string of the molecule is C=C(Nc1ccccc1)N1CCc2ccccc21. The lowest BCUT2D eigenvalue weighted by atomic mass is 10.2. The summed E-state index contributed by atoms with van der Waals surface area (Å²) in [6, 6.07) is 18.7. The summed E-state index contributed by atoms with van der Waals surface area (Å²) >= 11 is 0. The predicted molar refractivity (Wildman–Crippen MR) is 76.7 cm³/mol. The molecule has 2 heteroatoms. The van der Waals surface area contributed by atoms with Gasteiger partial charge in [0.2, 0.25) is 0 Å². The summed E-state index contributed by atoms with van der Waals surface area (Å²) < 4.78 is 0. The second-order valence-corrected chi connectivity index (χ2v) is 4.47. The van der Waals surface area contributed by atoms with E-state index in [1.54, 1.807) is 0 Å².